The molecule has 0 aromatic carbocycles. The van der Waals surface area contributed by atoms with Gasteiger partial charge in [-0.1, -0.05) is 0 Å². The highest BCUT2D eigenvalue weighted by molar-refractivity contribution is 8.32. The molecule has 0 rings (SSSR count). The Balaban J connectivity index is 3.80. The Kier molecular flexibility index (Phi) is 4.47. The van der Waals surface area contributed by atoms with E-state index in [9.17, 15) is 0 Å². The van der Waals surface area contributed by atoms with Gasteiger partial charge in [-0.2, -0.15) is 0 Å². The van der Waals surface area contributed by atoms with Crippen LogP contribution in [0, 0.1) is 12.1 Å². The van der Waals surface area contributed by atoms with Crippen LogP contribution in [0.25, 0.3) is 0 Å². The van der Waals surface area contributed by atoms with Crippen LogP contribution in [-0.4, -0.2) is 19.0 Å². The van der Waals surface area contributed by atoms with Crippen molar-refractivity contribution in [3.63, 3.8) is 0 Å². The number of terminal acetylenes is 1. The third kappa shape index (κ3) is 3.20. The Morgan fingerprint density at radius 2 is 1.89 bits per heavy atom. The van der Waals surface area contributed by atoms with Crippen molar-refractivity contribution in [2.45, 2.75) is 13.8 Å². The van der Waals surface area contributed by atoms with Crippen LogP contribution >= 0.6 is 15.2 Å². The van der Waals surface area contributed by atoms with Crippen molar-refractivity contribution < 1.29 is 0 Å². The largest absolute Gasteiger partial charge is 0.118 e. The topological polar surface area (TPSA) is 0 Å². The van der Waals surface area contributed by atoms with Gasteiger partial charge in [-0.15, -0.1) is 6.42 Å². The zero-order valence-electron chi connectivity index (χ0n) is 6.44. The maximum atomic E-state index is 5.26. The van der Waals surface area contributed by atoms with Crippen molar-refractivity contribution in [1.29, 1.82) is 0 Å². The number of hydrogen-bond acceptors (Lipinski definition) is 0. The molecule has 0 aromatic rings. The van der Waals surface area contributed by atoms with Crippen molar-refractivity contribution >= 4 is 15.2 Å². The van der Waals surface area contributed by atoms with Gasteiger partial charge < -0.3 is 0 Å². The van der Waals surface area contributed by atoms with Crippen LogP contribution in [0.4, 0.5) is 0 Å². The Hall–Kier alpha value is 0.420. The third-order valence-electron chi connectivity index (χ3n) is 1.73. The van der Waals surface area contributed by atoms with Gasteiger partial charge in [0.15, 0.2) is 0 Å². The van der Waals surface area contributed by atoms with Gasteiger partial charge >= 0.3 is 0 Å². The molecule has 9 heavy (non-hydrogen) atoms. The summed E-state index contributed by atoms with van der Waals surface area (Å²) in [6.45, 7) is 6.23. The van der Waals surface area contributed by atoms with Crippen molar-refractivity contribution in [3.8, 4) is 12.1 Å². The molecule has 0 radical (unpaired) electrons. The lowest BCUT2D eigenvalue weighted by Gasteiger charge is -2.14. The first-order valence-corrected chi connectivity index (χ1v) is 7.70. The molecule has 1 atom stereocenters. The molecular formula is C7H15P2+. The van der Waals surface area contributed by atoms with E-state index in [1.807, 2.05) is 0 Å². The van der Waals surface area contributed by atoms with Crippen molar-refractivity contribution in [2.24, 2.45) is 0 Å². The van der Waals surface area contributed by atoms with E-state index in [1.54, 1.807) is 0 Å². The summed E-state index contributed by atoms with van der Waals surface area (Å²) < 4.78 is 0. The average Bonchev–Trinajstić information content (AvgIpc) is 1.89. The van der Waals surface area contributed by atoms with Gasteiger partial charge in [0.25, 0.3) is 0 Å². The van der Waals surface area contributed by atoms with E-state index in [1.165, 1.54) is 12.3 Å². The summed E-state index contributed by atoms with van der Waals surface area (Å²) in [5, 5.41) is 0. The highest BCUT2D eigenvalue weighted by atomic mass is 32.1. The Morgan fingerprint density at radius 3 is 2.00 bits per heavy atom. The summed E-state index contributed by atoms with van der Waals surface area (Å²) in [6, 6.07) is 0. The number of rotatable bonds is 3. The van der Waals surface area contributed by atoms with E-state index in [4.69, 9.17) is 6.42 Å². The molecule has 0 aliphatic rings. The minimum Gasteiger partial charge on any atom is -0.112 e. The zero-order chi connectivity index (χ0) is 7.33. The van der Waals surface area contributed by atoms with Gasteiger partial charge in [-0.05, 0) is 19.5 Å². The van der Waals surface area contributed by atoms with Crippen molar-refractivity contribution in [1.82, 2.24) is 0 Å². The molecular weight excluding hydrogens is 146 g/mol. The monoisotopic (exact) mass is 161 g/mol. The molecule has 0 heterocycles. The Bertz CT molecular complexity index is 109. The summed E-state index contributed by atoms with van der Waals surface area (Å²) in [5.74, 6) is 0. The molecule has 0 saturated heterocycles. The standard InChI is InChI=1S/C7H15P2/c1-5-8-9(4,6-2)7-3/h1,8H,6-7H2,2-4H3/q+1. The first kappa shape index (κ1) is 9.42. The quantitative estimate of drug-likeness (QED) is 0.441. The fraction of sp³-hybridized carbons (Fsp3) is 0.714. The summed E-state index contributed by atoms with van der Waals surface area (Å²) in [5.41, 5.74) is 2.79. The Morgan fingerprint density at radius 1 is 1.44 bits per heavy atom. The maximum absolute atomic E-state index is 5.26. The molecule has 0 amide bonds. The van der Waals surface area contributed by atoms with Crippen LogP contribution in [0.5, 0.6) is 0 Å². The average molecular weight is 161 g/mol. The third-order valence-corrected chi connectivity index (χ3v) is 9.10. The summed E-state index contributed by atoms with van der Waals surface area (Å²) in [4.78, 5) is 0. The van der Waals surface area contributed by atoms with Gasteiger partial charge in [0.05, 0.1) is 19.0 Å². The molecule has 0 nitrogen and oxygen atoms in total. The van der Waals surface area contributed by atoms with E-state index < -0.39 is 6.95 Å². The Labute approximate surface area is 60.8 Å². The molecule has 0 spiro atoms. The van der Waals surface area contributed by atoms with Crippen LogP contribution in [-0.2, 0) is 0 Å². The van der Waals surface area contributed by atoms with Crippen LogP contribution in [0.1, 0.15) is 13.8 Å². The summed E-state index contributed by atoms with van der Waals surface area (Å²) in [7, 11) is 0.798. The normalized spacial score (nSPS) is 12.2. The van der Waals surface area contributed by atoms with E-state index in [0.717, 1.165) is 8.27 Å². The lowest BCUT2D eigenvalue weighted by molar-refractivity contribution is 1.41. The fourth-order valence-corrected chi connectivity index (χ4v) is 3.50. The minimum absolute atomic E-state index is 0.639. The molecule has 0 N–H and O–H groups in total. The van der Waals surface area contributed by atoms with Gasteiger partial charge in [-0.3, -0.25) is 0 Å². The fourth-order valence-electron chi connectivity index (χ4n) is 0.538. The lowest BCUT2D eigenvalue weighted by Crippen LogP contribution is -1.88. The predicted molar refractivity (Wildman–Crippen MR) is 51.1 cm³/mol. The zero-order valence-corrected chi connectivity index (χ0v) is 8.33. The lowest BCUT2D eigenvalue weighted by atomic mass is 11.0. The minimum atomic E-state index is -0.639. The van der Waals surface area contributed by atoms with E-state index in [2.05, 4.69) is 26.2 Å². The molecule has 0 aromatic heterocycles. The van der Waals surface area contributed by atoms with Crippen LogP contribution < -0.4 is 0 Å². The van der Waals surface area contributed by atoms with E-state index in [0.29, 0.717) is 0 Å². The van der Waals surface area contributed by atoms with Gasteiger partial charge in [0.2, 0.25) is 0 Å². The molecule has 2 heteroatoms. The molecule has 0 bridgehead atoms. The second-order valence-corrected chi connectivity index (χ2v) is 10.8. The van der Waals surface area contributed by atoms with Crippen LogP contribution in [0.2, 0.25) is 0 Å². The molecule has 0 fully saturated rings. The smallest absolute Gasteiger partial charge is 0.112 e. The van der Waals surface area contributed by atoms with Crippen molar-refractivity contribution in [2.75, 3.05) is 19.0 Å². The van der Waals surface area contributed by atoms with Gasteiger partial charge in [-0.25, -0.2) is 0 Å². The number of hydrogen-bond donors (Lipinski definition) is 0. The van der Waals surface area contributed by atoms with Crippen LogP contribution in [0.15, 0.2) is 0 Å². The second-order valence-electron chi connectivity index (χ2n) is 2.28. The molecule has 0 aliphatic heterocycles. The molecule has 52 valence electrons. The summed E-state index contributed by atoms with van der Waals surface area (Å²) in [6.07, 6.45) is 7.88. The molecule has 0 aliphatic carbocycles. The highest BCUT2D eigenvalue weighted by Crippen LogP contribution is 2.70. The van der Waals surface area contributed by atoms with Crippen molar-refractivity contribution in [3.05, 3.63) is 0 Å². The maximum Gasteiger partial charge on any atom is 0.118 e. The van der Waals surface area contributed by atoms with E-state index in [-0.39, 0.29) is 0 Å². The van der Waals surface area contributed by atoms with Crippen LogP contribution in [0.3, 0.4) is 0 Å². The second kappa shape index (κ2) is 4.27. The molecule has 1 unspecified atom stereocenters. The predicted octanol–water partition coefficient (Wildman–Crippen LogP) is 2.86. The highest BCUT2D eigenvalue weighted by Gasteiger charge is 2.25. The summed E-state index contributed by atoms with van der Waals surface area (Å²) >= 11 is 0. The first-order valence-electron chi connectivity index (χ1n) is 3.26. The molecule has 0 saturated carbocycles. The SMILES string of the molecule is C#CP[P+](C)(CC)CC. The van der Waals surface area contributed by atoms with Gasteiger partial charge in [0, 0.05) is 6.95 Å². The van der Waals surface area contributed by atoms with Gasteiger partial charge in [0.1, 0.15) is 8.27 Å². The first-order chi connectivity index (χ1) is 4.18. The van der Waals surface area contributed by atoms with E-state index >= 15 is 0 Å².